The lowest BCUT2D eigenvalue weighted by atomic mass is 10.3. The summed E-state index contributed by atoms with van der Waals surface area (Å²) in [4.78, 5) is 3.52. The van der Waals surface area contributed by atoms with E-state index in [2.05, 4.69) is 10.1 Å². The Bertz CT molecular complexity index is 329. The zero-order valence-corrected chi connectivity index (χ0v) is 7.14. The van der Waals surface area contributed by atoms with Crippen LogP contribution in [0.15, 0.2) is 17.4 Å². The number of hydrogen-bond donors (Lipinski definition) is 1. The van der Waals surface area contributed by atoms with Crippen molar-refractivity contribution in [2.45, 2.75) is 0 Å². The molecule has 12 heavy (non-hydrogen) atoms. The molecule has 0 spiro atoms. The van der Waals surface area contributed by atoms with E-state index in [4.69, 9.17) is 28.4 Å². The Labute approximate surface area is 77.4 Å². The molecule has 0 saturated heterocycles. The third-order valence-electron chi connectivity index (χ3n) is 1.09. The minimum Gasteiger partial charge on any atom is -0.410 e. The van der Waals surface area contributed by atoms with Crippen LogP contribution in [0.25, 0.3) is 0 Å². The van der Waals surface area contributed by atoms with E-state index in [9.17, 15) is 4.39 Å². The van der Waals surface area contributed by atoms with Crippen molar-refractivity contribution in [2.24, 2.45) is 5.16 Å². The van der Waals surface area contributed by atoms with Crippen molar-refractivity contribution >= 4 is 28.4 Å². The minimum absolute atomic E-state index is 0.152. The highest BCUT2D eigenvalue weighted by molar-refractivity contribution is 6.69. The molecule has 0 radical (unpaired) electrons. The molecule has 3 nitrogen and oxygen atoms in total. The first-order valence-electron chi connectivity index (χ1n) is 2.84. The zero-order valence-electron chi connectivity index (χ0n) is 5.63. The molecule has 0 unspecified atom stereocenters. The largest absolute Gasteiger partial charge is 0.410 e. The Hall–Kier alpha value is -0.870. The highest BCUT2D eigenvalue weighted by Crippen LogP contribution is 2.13. The molecule has 0 aliphatic rings. The van der Waals surface area contributed by atoms with E-state index >= 15 is 0 Å². The lowest BCUT2D eigenvalue weighted by Gasteiger charge is -1.97. The van der Waals surface area contributed by atoms with Gasteiger partial charge in [-0.3, -0.25) is 0 Å². The maximum absolute atomic E-state index is 12.9. The van der Waals surface area contributed by atoms with E-state index < -0.39 is 11.0 Å². The molecule has 1 rings (SSSR count). The van der Waals surface area contributed by atoms with E-state index in [1.165, 1.54) is 6.20 Å². The second kappa shape index (κ2) is 3.69. The number of rotatable bonds is 1. The van der Waals surface area contributed by atoms with Crippen LogP contribution in [0.2, 0.25) is 5.02 Å². The molecular formula is C6H3Cl2FN2O. The molecular weight excluding hydrogens is 206 g/mol. The van der Waals surface area contributed by atoms with Crippen LogP contribution in [0.5, 0.6) is 0 Å². The van der Waals surface area contributed by atoms with E-state index in [1.54, 1.807) is 0 Å². The lowest BCUT2D eigenvalue weighted by Crippen LogP contribution is -1.99. The number of oxime groups is 1. The Balaban J connectivity index is 3.18. The molecule has 0 atom stereocenters. The van der Waals surface area contributed by atoms with Crippen molar-refractivity contribution < 1.29 is 9.60 Å². The standard InChI is InChI=1S/C6H3Cl2FN2O/c7-3-1-4(9)5(10-2-3)6(8)11-12/h1-2,12H/b11-6-. The van der Waals surface area contributed by atoms with Crippen LogP contribution >= 0.6 is 23.2 Å². The summed E-state index contributed by atoms with van der Waals surface area (Å²) in [7, 11) is 0. The van der Waals surface area contributed by atoms with Crippen molar-refractivity contribution in [3.8, 4) is 0 Å². The Morgan fingerprint density at radius 2 is 2.33 bits per heavy atom. The summed E-state index contributed by atoms with van der Waals surface area (Å²) >= 11 is 10.7. The predicted molar refractivity (Wildman–Crippen MR) is 43.4 cm³/mol. The first-order valence-corrected chi connectivity index (χ1v) is 3.59. The highest BCUT2D eigenvalue weighted by Gasteiger charge is 2.09. The summed E-state index contributed by atoms with van der Waals surface area (Å²) in [5.74, 6) is -0.731. The van der Waals surface area contributed by atoms with Gasteiger partial charge in [-0.1, -0.05) is 28.4 Å². The van der Waals surface area contributed by atoms with Crippen molar-refractivity contribution in [2.75, 3.05) is 0 Å². The summed E-state index contributed by atoms with van der Waals surface area (Å²) < 4.78 is 12.9. The summed E-state index contributed by atoms with van der Waals surface area (Å²) in [6.45, 7) is 0. The van der Waals surface area contributed by atoms with Gasteiger partial charge in [0.05, 0.1) is 5.02 Å². The maximum Gasteiger partial charge on any atom is 0.196 e. The van der Waals surface area contributed by atoms with Gasteiger partial charge >= 0.3 is 0 Å². The fourth-order valence-electron chi connectivity index (χ4n) is 0.614. The van der Waals surface area contributed by atoms with Gasteiger partial charge in [0.15, 0.2) is 11.0 Å². The molecule has 0 fully saturated rings. The molecule has 0 amide bonds. The summed E-state index contributed by atoms with van der Waals surface area (Å²) in [5.41, 5.74) is -0.233. The van der Waals surface area contributed by atoms with E-state index in [0.717, 1.165) is 6.07 Å². The molecule has 1 N–H and O–H groups in total. The monoisotopic (exact) mass is 208 g/mol. The molecule has 1 heterocycles. The fraction of sp³-hybridized carbons (Fsp3) is 0. The average Bonchev–Trinajstić information content (AvgIpc) is 2.03. The average molecular weight is 209 g/mol. The second-order valence-electron chi connectivity index (χ2n) is 1.87. The molecule has 0 bridgehead atoms. The van der Waals surface area contributed by atoms with Gasteiger partial charge in [-0.05, 0) is 6.07 Å². The Morgan fingerprint density at radius 1 is 1.67 bits per heavy atom. The van der Waals surface area contributed by atoms with Crippen molar-refractivity contribution in [3.05, 3.63) is 28.8 Å². The number of nitrogens with zero attached hydrogens (tertiary/aromatic N) is 2. The van der Waals surface area contributed by atoms with Crippen LogP contribution in [-0.2, 0) is 0 Å². The molecule has 1 aromatic heterocycles. The van der Waals surface area contributed by atoms with Crippen LogP contribution in [0.4, 0.5) is 4.39 Å². The summed E-state index contributed by atoms with van der Waals surface area (Å²) in [6, 6.07) is 1.03. The quantitative estimate of drug-likeness (QED) is 0.438. The van der Waals surface area contributed by atoms with Gasteiger partial charge in [0, 0.05) is 6.20 Å². The summed E-state index contributed by atoms with van der Waals surface area (Å²) in [5, 5.41) is 10.5. The third-order valence-corrected chi connectivity index (χ3v) is 1.55. The van der Waals surface area contributed by atoms with Crippen LogP contribution in [-0.4, -0.2) is 15.4 Å². The minimum atomic E-state index is -0.731. The van der Waals surface area contributed by atoms with Crippen LogP contribution < -0.4 is 0 Å². The van der Waals surface area contributed by atoms with Crippen LogP contribution in [0.1, 0.15) is 5.69 Å². The zero-order chi connectivity index (χ0) is 9.14. The van der Waals surface area contributed by atoms with Gasteiger partial charge in [0.25, 0.3) is 0 Å². The Kier molecular flexibility index (Phi) is 2.83. The lowest BCUT2D eigenvalue weighted by molar-refractivity contribution is 0.320. The first-order chi connectivity index (χ1) is 5.65. The van der Waals surface area contributed by atoms with Gasteiger partial charge in [0.2, 0.25) is 0 Å². The van der Waals surface area contributed by atoms with Gasteiger partial charge in [-0.2, -0.15) is 0 Å². The SMILES string of the molecule is O/N=C(\Cl)c1ncc(Cl)cc1F. The van der Waals surface area contributed by atoms with Gasteiger partial charge in [-0.15, -0.1) is 0 Å². The molecule has 6 heteroatoms. The molecule has 0 saturated carbocycles. The summed E-state index contributed by atoms with van der Waals surface area (Å²) in [6.07, 6.45) is 1.20. The van der Waals surface area contributed by atoms with Gasteiger partial charge in [0.1, 0.15) is 5.69 Å². The number of pyridine rings is 1. The van der Waals surface area contributed by atoms with Gasteiger partial charge in [-0.25, -0.2) is 9.37 Å². The number of aromatic nitrogens is 1. The van der Waals surface area contributed by atoms with Gasteiger partial charge < -0.3 is 5.21 Å². The van der Waals surface area contributed by atoms with Crippen molar-refractivity contribution in [1.82, 2.24) is 4.98 Å². The number of halogens is 3. The van der Waals surface area contributed by atoms with Crippen molar-refractivity contribution in [1.29, 1.82) is 0 Å². The third kappa shape index (κ3) is 1.84. The van der Waals surface area contributed by atoms with Crippen LogP contribution in [0.3, 0.4) is 0 Å². The maximum atomic E-state index is 12.9. The second-order valence-corrected chi connectivity index (χ2v) is 2.67. The highest BCUT2D eigenvalue weighted by atomic mass is 35.5. The van der Waals surface area contributed by atoms with E-state index in [0.29, 0.717) is 0 Å². The van der Waals surface area contributed by atoms with E-state index in [1.807, 2.05) is 0 Å². The van der Waals surface area contributed by atoms with E-state index in [-0.39, 0.29) is 10.7 Å². The normalized spacial score (nSPS) is 11.8. The molecule has 0 aromatic carbocycles. The Morgan fingerprint density at radius 3 is 2.83 bits per heavy atom. The molecule has 0 aliphatic heterocycles. The fourth-order valence-corrected chi connectivity index (χ4v) is 0.897. The molecule has 0 aliphatic carbocycles. The smallest absolute Gasteiger partial charge is 0.196 e. The molecule has 1 aromatic rings. The first kappa shape index (κ1) is 9.22. The number of hydrogen-bond acceptors (Lipinski definition) is 3. The predicted octanol–water partition coefficient (Wildman–Crippen LogP) is 2.25. The topological polar surface area (TPSA) is 45.5 Å². The molecule has 64 valence electrons. The van der Waals surface area contributed by atoms with Crippen molar-refractivity contribution in [3.63, 3.8) is 0 Å². The van der Waals surface area contributed by atoms with Crippen LogP contribution in [0, 0.1) is 5.82 Å².